The van der Waals surface area contributed by atoms with Crippen LogP contribution in [0.25, 0.3) is 0 Å². The van der Waals surface area contributed by atoms with E-state index in [1.54, 1.807) is 0 Å². The highest BCUT2D eigenvalue weighted by molar-refractivity contribution is 7.00. The van der Waals surface area contributed by atoms with E-state index in [0.29, 0.717) is 0 Å². The zero-order valence-corrected chi connectivity index (χ0v) is 32.9. The lowest BCUT2D eigenvalue weighted by Crippen LogP contribution is -2.61. The van der Waals surface area contributed by atoms with E-state index in [2.05, 4.69) is 221 Å². The summed E-state index contributed by atoms with van der Waals surface area (Å²) in [6.07, 6.45) is 0. The van der Waals surface area contributed by atoms with Gasteiger partial charge in [-0.25, -0.2) is 4.98 Å². The van der Waals surface area contributed by atoms with Crippen molar-refractivity contribution >= 4 is 74.5 Å². The number of rotatable bonds is 5. The maximum Gasteiger partial charge on any atom is 0.254 e. The summed E-state index contributed by atoms with van der Waals surface area (Å²) >= 11 is 0. The van der Waals surface area contributed by atoms with Crippen LogP contribution < -0.4 is 31.1 Å². The lowest BCUT2D eigenvalue weighted by molar-refractivity contribution is 0.590. The van der Waals surface area contributed by atoms with Crippen molar-refractivity contribution in [2.24, 2.45) is 0 Å². The van der Waals surface area contributed by atoms with Gasteiger partial charge in [0.1, 0.15) is 11.6 Å². The largest absolute Gasteiger partial charge is 0.311 e. The lowest BCUT2D eigenvalue weighted by atomic mass is 9.33. The highest BCUT2D eigenvalue weighted by atomic mass is 15.3. The molecule has 9 rings (SSSR count). The van der Waals surface area contributed by atoms with Gasteiger partial charge in [0, 0.05) is 39.8 Å². The molecule has 0 spiro atoms. The monoisotopic (exact) mass is 714 g/mol. The molecule has 6 aromatic carbocycles. The number of aryl methyl sites for hydroxylation is 1. The van der Waals surface area contributed by atoms with Gasteiger partial charge in [0.2, 0.25) is 0 Å². The van der Waals surface area contributed by atoms with Gasteiger partial charge in [0.05, 0.1) is 0 Å². The zero-order valence-electron chi connectivity index (χ0n) is 32.9. The average molecular weight is 715 g/mol. The number of fused-ring (bicyclic) bond motifs is 4. The van der Waals surface area contributed by atoms with Crippen molar-refractivity contribution in [1.29, 1.82) is 0 Å². The highest BCUT2D eigenvalue weighted by Crippen LogP contribution is 2.45. The highest BCUT2D eigenvalue weighted by Gasteiger charge is 2.44. The third kappa shape index (κ3) is 5.99. The Kier molecular flexibility index (Phi) is 8.23. The van der Waals surface area contributed by atoms with Crippen molar-refractivity contribution in [3.8, 4) is 0 Å². The Balaban J connectivity index is 1.29. The molecule has 1 aromatic heterocycles. The lowest BCUT2D eigenvalue weighted by Gasteiger charge is -2.44. The Hall–Kier alpha value is -6.07. The zero-order chi connectivity index (χ0) is 38.1. The Bertz CT molecular complexity index is 2460. The van der Waals surface area contributed by atoms with E-state index >= 15 is 0 Å². The van der Waals surface area contributed by atoms with Gasteiger partial charge in [-0.15, -0.1) is 0 Å². The molecule has 0 saturated carbocycles. The van der Waals surface area contributed by atoms with Crippen molar-refractivity contribution in [1.82, 2.24) is 4.98 Å². The molecule has 0 unspecified atom stereocenters. The number of benzene rings is 6. The summed E-state index contributed by atoms with van der Waals surface area (Å²) in [5, 5.41) is 0. The predicted octanol–water partition coefficient (Wildman–Crippen LogP) is 11.5. The average Bonchev–Trinajstić information content (AvgIpc) is 3.18. The summed E-state index contributed by atoms with van der Waals surface area (Å²) < 4.78 is 0. The molecule has 0 aliphatic carbocycles. The van der Waals surface area contributed by atoms with E-state index in [-0.39, 0.29) is 17.5 Å². The molecule has 3 heterocycles. The third-order valence-electron chi connectivity index (χ3n) is 11.2. The molecular weight excluding hydrogens is 667 g/mol. The van der Waals surface area contributed by atoms with Crippen LogP contribution in [0.5, 0.6) is 0 Å². The number of hydrogen-bond acceptors (Lipinski definition) is 4. The molecule has 4 nitrogen and oxygen atoms in total. The fraction of sp³-hybridized carbons (Fsp3) is 0.180. The minimum absolute atomic E-state index is 0.00358. The van der Waals surface area contributed by atoms with Gasteiger partial charge in [-0.1, -0.05) is 126 Å². The number of aromatic nitrogens is 1. The fourth-order valence-corrected chi connectivity index (χ4v) is 8.39. The smallest absolute Gasteiger partial charge is 0.254 e. The second-order valence-corrected chi connectivity index (χ2v) is 17.1. The topological polar surface area (TPSA) is 22.6 Å². The first-order chi connectivity index (χ1) is 26.5. The summed E-state index contributed by atoms with van der Waals surface area (Å²) in [6.45, 7) is 15.8. The minimum Gasteiger partial charge on any atom is -0.311 e. The van der Waals surface area contributed by atoms with Crippen LogP contribution in [0, 0.1) is 6.92 Å². The minimum atomic E-state index is 0.00358. The summed E-state index contributed by atoms with van der Waals surface area (Å²) in [5.74, 6) is 1.82. The van der Waals surface area contributed by atoms with Gasteiger partial charge in [0.15, 0.2) is 0 Å². The number of hydrogen-bond donors (Lipinski definition) is 0. The van der Waals surface area contributed by atoms with Crippen LogP contribution in [0.2, 0.25) is 0 Å². The Morgan fingerprint density at radius 3 is 1.53 bits per heavy atom. The molecule has 7 aromatic rings. The van der Waals surface area contributed by atoms with Crippen molar-refractivity contribution in [2.45, 2.75) is 59.3 Å². The van der Waals surface area contributed by atoms with E-state index in [9.17, 15) is 0 Å². The molecule has 55 heavy (non-hydrogen) atoms. The van der Waals surface area contributed by atoms with Gasteiger partial charge in [0.25, 0.3) is 6.71 Å². The van der Waals surface area contributed by atoms with E-state index < -0.39 is 0 Å². The number of anilines is 9. The van der Waals surface area contributed by atoms with Crippen LogP contribution in [0.3, 0.4) is 0 Å². The second-order valence-electron chi connectivity index (χ2n) is 17.1. The maximum atomic E-state index is 5.74. The first-order valence-electron chi connectivity index (χ1n) is 19.4. The Morgan fingerprint density at radius 1 is 0.491 bits per heavy atom. The number of nitrogens with zero attached hydrogens (tertiary/aromatic N) is 4. The Labute approximate surface area is 326 Å². The van der Waals surface area contributed by atoms with Crippen molar-refractivity contribution in [2.75, 3.05) is 14.7 Å². The van der Waals surface area contributed by atoms with Gasteiger partial charge in [-0.05, 0) is 124 Å². The first kappa shape index (κ1) is 34.7. The SMILES string of the molecule is Cc1cc2c3c(c1)N(c1ccccc1)c1nc(N(c4ccc(C(C)(C)C)cc4)c4ccc(C(C)(C)C)cc4)ccc1B3c1ccccc1N2c1ccccc1. The molecule has 0 amide bonds. The van der Waals surface area contributed by atoms with Gasteiger partial charge < -0.3 is 4.90 Å². The molecular formula is C50H47BN4. The maximum absolute atomic E-state index is 5.74. The van der Waals surface area contributed by atoms with Crippen molar-refractivity contribution < 1.29 is 0 Å². The van der Waals surface area contributed by atoms with E-state index in [1.807, 2.05) is 0 Å². The van der Waals surface area contributed by atoms with Crippen LogP contribution in [-0.2, 0) is 10.8 Å². The number of pyridine rings is 1. The Morgan fingerprint density at radius 2 is 0.982 bits per heavy atom. The van der Waals surface area contributed by atoms with Crippen LogP contribution in [-0.4, -0.2) is 11.7 Å². The van der Waals surface area contributed by atoms with Crippen molar-refractivity contribution in [3.05, 3.63) is 174 Å². The molecule has 2 aliphatic rings. The summed E-state index contributed by atoms with van der Waals surface area (Å²) in [7, 11) is 0. The molecule has 0 atom stereocenters. The second kappa shape index (κ2) is 13.1. The summed E-state index contributed by atoms with van der Waals surface area (Å²) in [4.78, 5) is 12.9. The van der Waals surface area contributed by atoms with Crippen LogP contribution in [0.15, 0.2) is 158 Å². The van der Waals surface area contributed by atoms with Crippen LogP contribution in [0.1, 0.15) is 58.2 Å². The molecule has 2 aliphatic heterocycles. The first-order valence-corrected chi connectivity index (χ1v) is 19.4. The quantitative estimate of drug-likeness (QED) is 0.166. The van der Waals surface area contributed by atoms with Crippen molar-refractivity contribution in [3.63, 3.8) is 0 Å². The third-order valence-corrected chi connectivity index (χ3v) is 11.2. The van der Waals surface area contributed by atoms with Gasteiger partial charge in [-0.2, -0.15) is 0 Å². The molecule has 0 saturated heterocycles. The normalized spacial score (nSPS) is 13.3. The predicted molar refractivity (Wildman–Crippen MR) is 235 cm³/mol. The molecule has 0 radical (unpaired) electrons. The summed E-state index contributed by atoms with van der Waals surface area (Å²) in [6, 6.07) is 57.7. The van der Waals surface area contributed by atoms with E-state index in [4.69, 9.17) is 4.98 Å². The molecule has 5 heteroatoms. The van der Waals surface area contributed by atoms with E-state index in [1.165, 1.54) is 44.5 Å². The molecule has 270 valence electrons. The number of para-hydroxylation sites is 3. The summed E-state index contributed by atoms with van der Waals surface area (Å²) in [5.41, 5.74) is 15.6. The van der Waals surface area contributed by atoms with Crippen LogP contribution >= 0.6 is 0 Å². The van der Waals surface area contributed by atoms with Crippen LogP contribution in [0.4, 0.5) is 51.4 Å². The van der Waals surface area contributed by atoms with Gasteiger partial charge >= 0.3 is 0 Å². The molecule has 0 N–H and O–H groups in total. The molecule has 0 bridgehead atoms. The van der Waals surface area contributed by atoms with Gasteiger partial charge in [-0.3, -0.25) is 9.80 Å². The fourth-order valence-electron chi connectivity index (χ4n) is 8.39. The standard InChI is InChI=1S/C50H47BN4/c1-34-32-44-47-45(33-34)55(38-18-12-9-13-19-38)48-42(51(47)41-20-14-15-21-43(41)54(44)37-16-10-8-11-17-37)30-31-46(52-48)53(39-26-22-35(23-27-39)49(2,3)4)40-28-24-36(25-29-40)50(5,6)7/h8-33H,1-7H3. The molecule has 0 fully saturated rings. The van der Waals surface area contributed by atoms with E-state index in [0.717, 1.165) is 40.1 Å².